The van der Waals surface area contributed by atoms with Crippen molar-refractivity contribution < 1.29 is 32.3 Å². The molecule has 2 aromatic carbocycles. The lowest BCUT2D eigenvalue weighted by atomic mass is 9.97. The minimum absolute atomic E-state index is 0.0507. The number of carbonyl (C=O) groups is 2. The van der Waals surface area contributed by atoms with Gasteiger partial charge in [0.05, 0.1) is 6.04 Å². The zero-order valence-electron chi connectivity index (χ0n) is 17.9. The number of amides is 2. The number of carbonyl (C=O) groups excluding carboxylic acids is 2. The van der Waals surface area contributed by atoms with Crippen molar-refractivity contribution in [1.29, 1.82) is 0 Å². The highest BCUT2D eigenvalue weighted by atomic mass is 19.1. The van der Waals surface area contributed by atoms with E-state index < -0.39 is 75.8 Å². The maximum Gasteiger partial charge on any atom is 0.274 e. The molecule has 2 amide bonds. The first-order chi connectivity index (χ1) is 16.7. The first-order valence-electron chi connectivity index (χ1n) is 10.6. The molecule has 2 aliphatic heterocycles. The fourth-order valence-corrected chi connectivity index (χ4v) is 4.64. The summed E-state index contributed by atoms with van der Waals surface area (Å²) in [5.41, 5.74) is -2.33. The molecule has 0 fully saturated rings. The molecule has 180 valence electrons. The predicted molar refractivity (Wildman–Crippen MR) is 114 cm³/mol. The third-order valence-corrected chi connectivity index (χ3v) is 6.34. The van der Waals surface area contributed by atoms with Gasteiger partial charge in [-0.15, -0.1) is 0 Å². The van der Waals surface area contributed by atoms with Crippen molar-refractivity contribution >= 4 is 11.8 Å². The molecule has 0 saturated heterocycles. The summed E-state index contributed by atoms with van der Waals surface area (Å²) < 4.78 is 57.6. The van der Waals surface area contributed by atoms with Crippen LogP contribution in [-0.2, 0) is 13.0 Å². The highest BCUT2D eigenvalue weighted by molar-refractivity contribution is 5.99. The van der Waals surface area contributed by atoms with Crippen LogP contribution in [0.4, 0.5) is 17.6 Å². The second kappa shape index (κ2) is 8.26. The maximum absolute atomic E-state index is 15.8. The Bertz CT molecular complexity index is 1450. The smallest absolute Gasteiger partial charge is 0.274 e. The first kappa shape index (κ1) is 22.6. The number of fused-ring (bicyclic) bond motifs is 6. The molecular weight excluding hydrogens is 470 g/mol. The van der Waals surface area contributed by atoms with Gasteiger partial charge in [-0.1, -0.05) is 24.3 Å². The summed E-state index contributed by atoms with van der Waals surface area (Å²) in [6.07, 6.45) is 0.474. The van der Waals surface area contributed by atoms with Gasteiger partial charge in [-0.05, 0) is 17.5 Å². The standard InChI is InChI=1S/C24H17F4N3O4/c25-12-7-15(26)14(16(27)8-12)9-29-23(34)18-20(32)21(33)19-24(35)30-6-5-11-3-1-2-4-13(11)17(10-30)31(19)22(18)28/h1-4,7-8,17,33H,5-6,9-10H2,(H,29,34)/t17-/m1/s1. The number of pyridine rings is 1. The molecule has 1 atom stereocenters. The van der Waals surface area contributed by atoms with E-state index in [9.17, 15) is 32.7 Å². The van der Waals surface area contributed by atoms with Gasteiger partial charge < -0.3 is 19.9 Å². The van der Waals surface area contributed by atoms with Crippen molar-refractivity contribution in [2.24, 2.45) is 0 Å². The number of rotatable bonds is 3. The summed E-state index contributed by atoms with van der Waals surface area (Å²) in [7, 11) is 0. The van der Waals surface area contributed by atoms with Crippen LogP contribution in [0.1, 0.15) is 43.6 Å². The lowest BCUT2D eigenvalue weighted by molar-refractivity contribution is 0.0673. The average molecular weight is 487 g/mol. The van der Waals surface area contributed by atoms with E-state index in [-0.39, 0.29) is 6.54 Å². The van der Waals surface area contributed by atoms with Gasteiger partial charge in [0, 0.05) is 37.3 Å². The SMILES string of the molecule is O=C(NCc1c(F)cc(F)cc1F)c1c(F)n2c(c(O)c1=O)C(=O)N1CCc3ccccc3[C@H]2C1. The van der Waals surface area contributed by atoms with E-state index in [4.69, 9.17) is 0 Å². The van der Waals surface area contributed by atoms with Crippen LogP contribution in [0.3, 0.4) is 0 Å². The quantitative estimate of drug-likeness (QED) is 0.439. The van der Waals surface area contributed by atoms with Gasteiger partial charge in [-0.25, -0.2) is 13.2 Å². The molecule has 1 aromatic heterocycles. The Kier molecular flexibility index (Phi) is 5.34. The number of nitrogens with one attached hydrogen (secondary N) is 1. The van der Waals surface area contributed by atoms with Crippen LogP contribution >= 0.6 is 0 Å². The lowest BCUT2D eigenvalue weighted by Gasteiger charge is -2.35. The number of benzene rings is 2. The van der Waals surface area contributed by atoms with Crippen LogP contribution in [0.5, 0.6) is 5.75 Å². The molecule has 0 unspecified atom stereocenters. The molecule has 0 aliphatic carbocycles. The molecule has 0 saturated carbocycles. The van der Waals surface area contributed by atoms with E-state index in [1.165, 1.54) is 4.90 Å². The zero-order valence-corrected chi connectivity index (χ0v) is 17.9. The van der Waals surface area contributed by atoms with Gasteiger partial charge in [-0.2, -0.15) is 4.39 Å². The van der Waals surface area contributed by atoms with Crippen molar-refractivity contribution in [3.63, 3.8) is 0 Å². The summed E-state index contributed by atoms with van der Waals surface area (Å²) >= 11 is 0. The van der Waals surface area contributed by atoms with Crippen molar-refractivity contribution in [3.05, 3.63) is 98.0 Å². The van der Waals surface area contributed by atoms with E-state index >= 15 is 4.39 Å². The molecule has 0 radical (unpaired) electrons. The third kappa shape index (κ3) is 3.54. The Hall–Kier alpha value is -4.15. The number of aromatic hydroxyl groups is 1. The van der Waals surface area contributed by atoms with Crippen LogP contribution in [-0.4, -0.2) is 39.5 Å². The second-order valence-electron chi connectivity index (χ2n) is 8.31. The number of aromatic nitrogens is 1. The van der Waals surface area contributed by atoms with Crippen LogP contribution < -0.4 is 10.7 Å². The molecule has 2 aliphatic rings. The van der Waals surface area contributed by atoms with Crippen molar-refractivity contribution in [1.82, 2.24) is 14.8 Å². The van der Waals surface area contributed by atoms with Gasteiger partial charge in [0.2, 0.25) is 11.4 Å². The molecule has 11 heteroatoms. The topological polar surface area (TPSA) is 91.6 Å². The lowest BCUT2D eigenvalue weighted by Crippen LogP contribution is -2.46. The van der Waals surface area contributed by atoms with E-state index in [2.05, 4.69) is 0 Å². The number of nitrogens with zero attached hydrogens (tertiary/aromatic N) is 2. The predicted octanol–water partition coefficient (Wildman–Crippen LogP) is 2.64. The molecule has 7 nitrogen and oxygen atoms in total. The second-order valence-corrected chi connectivity index (χ2v) is 8.31. The first-order valence-corrected chi connectivity index (χ1v) is 10.6. The Morgan fingerprint density at radius 1 is 1.09 bits per heavy atom. The van der Waals surface area contributed by atoms with Gasteiger partial charge in [0.15, 0.2) is 11.4 Å². The van der Waals surface area contributed by atoms with Crippen LogP contribution in [0.2, 0.25) is 0 Å². The minimum Gasteiger partial charge on any atom is -0.503 e. The van der Waals surface area contributed by atoms with Gasteiger partial charge in [0.25, 0.3) is 11.8 Å². The summed E-state index contributed by atoms with van der Waals surface area (Å²) in [6.45, 7) is -0.481. The highest BCUT2D eigenvalue weighted by Crippen LogP contribution is 2.36. The number of hydrogen-bond acceptors (Lipinski definition) is 4. The van der Waals surface area contributed by atoms with Gasteiger partial charge >= 0.3 is 0 Å². The highest BCUT2D eigenvalue weighted by Gasteiger charge is 2.41. The monoisotopic (exact) mass is 487 g/mol. The van der Waals surface area contributed by atoms with E-state index in [1.807, 2.05) is 11.4 Å². The van der Waals surface area contributed by atoms with E-state index in [0.29, 0.717) is 30.7 Å². The maximum atomic E-state index is 15.8. The normalized spacial score (nSPS) is 16.4. The minimum atomic E-state index is -1.44. The summed E-state index contributed by atoms with van der Waals surface area (Å²) in [5.74, 6) is -8.32. The molecule has 35 heavy (non-hydrogen) atoms. The Balaban J connectivity index is 1.60. The molecule has 5 rings (SSSR count). The fourth-order valence-electron chi connectivity index (χ4n) is 4.64. The van der Waals surface area contributed by atoms with Crippen LogP contribution in [0.25, 0.3) is 0 Å². The largest absolute Gasteiger partial charge is 0.503 e. The number of halogens is 4. The van der Waals surface area contributed by atoms with Crippen molar-refractivity contribution in [2.75, 3.05) is 13.1 Å². The van der Waals surface area contributed by atoms with Crippen LogP contribution in [0, 0.1) is 23.4 Å². The Morgan fingerprint density at radius 2 is 1.77 bits per heavy atom. The fraction of sp³-hybridized carbons (Fsp3) is 0.208. The van der Waals surface area contributed by atoms with Gasteiger partial charge in [0.1, 0.15) is 23.0 Å². The third-order valence-electron chi connectivity index (χ3n) is 6.34. The average Bonchev–Trinajstić information content (AvgIpc) is 2.97. The van der Waals surface area contributed by atoms with Crippen molar-refractivity contribution in [3.8, 4) is 5.75 Å². The van der Waals surface area contributed by atoms with Crippen LogP contribution in [0.15, 0.2) is 41.2 Å². The summed E-state index contributed by atoms with van der Waals surface area (Å²) in [5, 5.41) is 12.6. The van der Waals surface area contributed by atoms with E-state index in [0.717, 1.165) is 10.1 Å². The molecule has 2 N–H and O–H groups in total. The Labute approximate surface area is 195 Å². The van der Waals surface area contributed by atoms with E-state index in [1.54, 1.807) is 18.2 Å². The molecule has 3 heterocycles. The molecule has 2 bridgehead atoms. The molecule has 3 aromatic rings. The number of hydrogen-bond donors (Lipinski definition) is 2. The Morgan fingerprint density at radius 3 is 2.49 bits per heavy atom. The summed E-state index contributed by atoms with van der Waals surface area (Å²) in [4.78, 5) is 39.9. The summed E-state index contributed by atoms with van der Waals surface area (Å²) in [6, 6.07) is 7.06. The van der Waals surface area contributed by atoms with Gasteiger partial charge in [-0.3, -0.25) is 14.4 Å². The zero-order chi connectivity index (χ0) is 25.0. The molecular formula is C24H17F4N3O4. The van der Waals surface area contributed by atoms with Crippen molar-refractivity contribution in [2.45, 2.75) is 19.0 Å². The molecule has 0 spiro atoms.